The molecule has 1 N–H and O–H groups in total. The van der Waals surface area contributed by atoms with Crippen LogP contribution in [0.5, 0.6) is 11.5 Å². The fourth-order valence-electron chi connectivity index (χ4n) is 3.96. The maximum atomic E-state index is 12.8. The molecular weight excluding hydrogens is 408 g/mol. The van der Waals surface area contributed by atoms with Crippen LogP contribution in [-0.4, -0.2) is 50.0 Å². The molecule has 0 spiro atoms. The molecule has 0 saturated carbocycles. The quantitative estimate of drug-likeness (QED) is 0.579. The number of carbonyl (C=O) groups excluding carboxylic acids is 1. The summed E-state index contributed by atoms with van der Waals surface area (Å²) in [6.45, 7) is 2.07. The molecule has 32 heavy (non-hydrogen) atoms. The van der Waals surface area contributed by atoms with E-state index in [1.807, 2.05) is 42.5 Å². The lowest BCUT2D eigenvalue weighted by molar-refractivity contribution is -0.125. The van der Waals surface area contributed by atoms with E-state index in [9.17, 15) is 4.79 Å². The summed E-state index contributed by atoms with van der Waals surface area (Å²) >= 11 is 0. The van der Waals surface area contributed by atoms with E-state index >= 15 is 0 Å². The van der Waals surface area contributed by atoms with Crippen LogP contribution < -0.4 is 19.7 Å². The Morgan fingerprint density at radius 2 is 2.03 bits per heavy atom. The van der Waals surface area contributed by atoms with Crippen molar-refractivity contribution in [2.45, 2.75) is 19.3 Å². The second-order valence-electron chi connectivity index (χ2n) is 7.77. The number of methoxy groups -OCH3 is 2. The monoisotopic (exact) mass is 436 g/mol. The maximum absolute atomic E-state index is 12.8. The Labute approximate surface area is 187 Å². The molecular formula is C24H28N4O4. The van der Waals surface area contributed by atoms with E-state index in [4.69, 9.17) is 13.9 Å². The van der Waals surface area contributed by atoms with Gasteiger partial charge in [-0.25, -0.2) is 0 Å². The van der Waals surface area contributed by atoms with Crippen molar-refractivity contribution in [2.24, 2.45) is 5.92 Å². The Morgan fingerprint density at radius 3 is 2.75 bits per heavy atom. The van der Waals surface area contributed by atoms with Crippen molar-refractivity contribution >= 4 is 11.7 Å². The molecule has 1 aromatic carbocycles. The summed E-state index contributed by atoms with van der Waals surface area (Å²) in [6, 6.07) is 13.3. The zero-order valence-electron chi connectivity index (χ0n) is 18.4. The van der Waals surface area contributed by atoms with Crippen LogP contribution in [0.1, 0.15) is 18.4 Å². The van der Waals surface area contributed by atoms with Gasteiger partial charge in [0, 0.05) is 19.6 Å². The third kappa shape index (κ3) is 5.01. The highest BCUT2D eigenvalue weighted by Gasteiger charge is 2.26. The summed E-state index contributed by atoms with van der Waals surface area (Å²) in [5.74, 6) is 2.87. The second kappa shape index (κ2) is 10.2. The van der Waals surface area contributed by atoms with E-state index in [0.29, 0.717) is 36.0 Å². The van der Waals surface area contributed by atoms with Gasteiger partial charge in [-0.3, -0.25) is 4.79 Å². The number of benzene rings is 1. The molecule has 3 heterocycles. The number of carbonyl (C=O) groups is 1. The molecule has 0 bridgehead atoms. The summed E-state index contributed by atoms with van der Waals surface area (Å²) in [6.07, 6.45) is 4.15. The largest absolute Gasteiger partial charge is 0.493 e. The van der Waals surface area contributed by atoms with Crippen molar-refractivity contribution in [3.05, 3.63) is 54.3 Å². The second-order valence-corrected chi connectivity index (χ2v) is 7.77. The molecule has 1 aliphatic heterocycles. The average Bonchev–Trinajstić information content (AvgIpc) is 3.39. The fourth-order valence-corrected chi connectivity index (χ4v) is 3.96. The molecule has 1 aliphatic rings. The Hall–Kier alpha value is -3.55. The number of aromatic nitrogens is 2. The van der Waals surface area contributed by atoms with Gasteiger partial charge in [-0.1, -0.05) is 6.07 Å². The molecule has 0 radical (unpaired) electrons. The predicted octanol–water partition coefficient (Wildman–Crippen LogP) is 3.33. The van der Waals surface area contributed by atoms with Crippen molar-refractivity contribution < 1.29 is 18.7 Å². The minimum absolute atomic E-state index is 0.0688. The number of nitrogens with one attached hydrogen (secondary N) is 1. The maximum Gasteiger partial charge on any atom is 0.224 e. The lowest BCUT2D eigenvalue weighted by atomic mass is 9.97. The molecule has 0 aliphatic carbocycles. The van der Waals surface area contributed by atoms with Gasteiger partial charge in [0.2, 0.25) is 5.91 Å². The zero-order chi connectivity index (χ0) is 22.3. The first-order chi connectivity index (χ1) is 15.7. The minimum Gasteiger partial charge on any atom is -0.493 e. The van der Waals surface area contributed by atoms with E-state index in [1.165, 1.54) is 0 Å². The van der Waals surface area contributed by atoms with Gasteiger partial charge in [0.1, 0.15) is 5.69 Å². The smallest absolute Gasteiger partial charge is 0.224 e. The van der Waals surface area contributed by atoms with Crippen LogP contribution in [0, 0.1) is 5.92 Å². The predicted molar refractivity (Wildman–Crippen MR) is 121 cm³/mol. The van der Waals surface area contributed by atoms with Crippen molar-refractivity contribution in [2.75, 3.05) is 38.8 Å². The Bertz CT molecular complexity index is 1020. The van der Waals surface area contributed by atoms with Gasteiger partial charge >= 0.3 is 0 Å². The van der Waals surface area contributed by atoms with E-state index in [2.05, 4.69) is 20.4 Å². The Morgan fingerprint density at radius 1 is 1.16 bits per heavy atom. The molecule has 4 rings (SSSR count). The number of hydrogen-bond acceptors (Lipinski definition) is 7. The van der Waals surface area contributed by atoms with Gasteiger partial charge in [-0.2, -0.15) is 0 Å². The standard InChI is InChI=1S/C24H28N4O4/c1-30-21-9-7-17(15-22(21)31-2)11-12-25-24(29)18-5-3-13-28(16-18)23-10-8-19(26-27-23)20-6-4-14-32-20/h4,6-10,14-15,18H,3,5,11-13,16H2,1-2H3,(H,25,29). The number of nitrogens with zero attached hydrogens (tertiary/aromatic N) is 3. The number of piperidine rings is 1. The first-order valence-corrected chi connectivity index (χ1v) is 10.8. The number of rotatable bonds is 8. The molecule has 8 heteroatoms. The Balaban J connectivity index is 1.30. The number of anilines is 1. The van der Waals surface area contributed by atoms with Crippen LogP contribution in [0.4, 0.5) is 5.82 Å². The third-order valence-corrected chi connectivity index (χ3v) is 5.70. The van der Waals surface area contributed by atoms with Gasteiger partial charge in [-0.15, -0.1) is 10.2 Å². The van der Waals surface area contributed by atoms with E-state index in [-0.39, 0.29) is 11.8 Å². The lowest BCUT2D eigenvalue weighted by Crippen LogP contribution is -2.43. The topological polar surface area (TPSA) is 89.7 Å². The molecule has 1 amide bonds. The van der Waals surface area contributed by atoms with Gasteiger partial charge in [0.05, 0.1) is 26.4 Å². The highest BCUT2D eigenvalue weighted by atomic mass is 16.5. The molecule has 3 aromatic rings. The van der Waals surface area contributed by atoms with Gasteiger partial charge in [0.25, 0.3) is 0 Å². The Kier molecular flexibility index (Phi) is 6.89. The average molecular weight is 437 g/mol. The SMILES string of the molecule is COc1ccc(CCNC(=O)C2CCCN(c3ccc(-c4ccco4)nn3)C2)cc1OC. The van der Waals surface area contributed by atoms with Crippen LogP contribution in [0.25, 0.3) is 11.5 Å². The molecule has 2 aromatic heterocycles. The first-order valence-electron chi connectivity index (χ1n) is 10.8. The lowest BCUT2D eigenvalue weighted by Gasteiger charge is -2.32. The van der Waals surface area contributed by atoms with Crippen LogP contribution in [0.3, 0.4) is 0 Å². The molecule has 8 nitrogen and oxygen atoms in total. The highest BCUT2D eigenvalue weighted by molar-refractivity contribution is 5.79. The molecule has 168 valence electrons. The van der Waals surface area contributed by atoms with Crippen molar-refractivity contribution in [1.29, 1.82) is 0 Å². The van der Waals surface area contributed by atoms with E-state index in [1.54, 1.807) is 20.5 Å². The highest BCUT2D eigenvalue weighted by Crippen LogP contribution is 2.28. The molecule has 1 saturated heterocycles. The summed E-state index contributed by atoms with van der Waals surface area (Å²) in [7, 11) is 3.23. The summed E-state index contributed by atoms with van der Waals surface area (Å²) in [5.41, 5.74) is 1.78. The van der Waals surface area contributed by atoms with E-state index < -0.39 is 0 Å². The van der Waals surface area contributed by atoms with Crippen LogP contribution in [0.2, 0.25) is 0 Å². The van der Waals surface area contributed by atoms with E-state index in [0.717, 1.165) is 37.2 Å². The summed E-state index contributed by atoms with van der Waals surface area (Å²) in [4.78, 5) is 14.9. The van der Waals surface area contributed by atoms with Crippen molar-refractivity contribution in [1.82, 2.24) is 15.5 Å². The molecule has 1 atom stereocenters. The minimum atomic E-state index is -0.0688. The number of amides is 1. The third-order valence-electron chi connectivity index (χ3n) is 5.70. The molecule has 1 fully saturated rings. The normalized spacial score (nSPS) is 15.9. The van der Waals surface area contributed by atoms with Crippen LogP contribution >= 0.6 is 0 Å². The fraction of sp³-hybridized carbons (Fsp3) is 0.375. The number of ether oxygens (including phenoxy) is 2. The number of furan rings is 1. The van der Waals surface area contributed by atoms with Crippen LogP contribution in [0.15, 0.2) is 53.1 Å². The van der Waals surface area contributed by atoms with Gasteiger partial charge in [0.15, 0.2) is 23.1 Å². The first kappa shape index (κ1) is 21.7. The molecule has 1 unspecified atom stereocenters. The van der Waals surface area contributed by atoms with Crippen molar-refractivity contribution in [3.63, 3.8) is 0 Å². The zero-order valence-corrected chi connectivity index (χ0v) is 18.4. The summed E-state index contributed by atoms with van der Waals surface area (Å²) < 4.78 is 16.0. The van der Waals surface area contributed by atoms with Crippen molar-refractivity contribution in [3.8, 4) is 23.0 Å². The van der Waals surface area contributed by atoms with Gasteiger partial charge < -0.3 is 24.1 Å². The van der Waals surface area contributed by atoms with Gasteiger partial charge in [-0.05, 0) is 61.2 Å². The van der Waals surface area contributed by atoms with Crippen LogP contribution in [-0.2, 0) is 11.2 Å². The summed E-state index contributed by atoms with van der Waals surface area (Å²) in [5, 5.41) is 11.7. The number of hydrogen-bond donors (Lipinski definition) is 1.